The lowest BCUT2D eigenvalue weighted by Gasteiger charge is -2.30. The molecule has 16 heavy (non-hydrogen) atoms. The van der Waals surface area contributed by atoms with Crippen molar-refractivity contribution in [1.29, 1.82) is 0 Å². The summed E-state index contributed by atoms with van der Waals surface area (Å²) in [5, 5.41) is 3.26. The summed E-state index contributed by atoms with van der Waals surface area (Å²) in [6.07, 6.45) is 0. The minimum absolute atomic E-state index is 0.239. The molecule has 0 bridgehead atoms. The molecule has 1 aliphatic heterocycles. The Kier molecular flexibility index (Phi) is 3.14. The van der Waals surface area contributed by atoms with E-state index in [0.717, 1.165) is 31.9 Å². The van der Waals surface area contributed by atoms with Crippen LogP contribution in [0.3, 0.4) is 0 Å². The smallest absolute Gasteiger partial charge is 0.167 e. The van der Waals surface area contributed by atoms with Crippen molar-refractivity contribution in [3.8, 4) is 5.75 Å². The first-order chi connectivity index (χ1) is 7.72. The van der Waals surface area contributed by atoms with Gasteiger partial charge in [0.25, 0.3) is 0 Å². The molecule has 0 atom stereocenters. The van der Waals surface area contributed by atoms with Gasteiger partial charge in [-0.05, 0) is 0 Å². The van der Waals surface area contributed by atoms with Gasteiger partial charge in [0.2, 0.25) is 0 Å². The third-order valence-corrected chi connectivity index (χ3v) is 2.76. The number of nitrogens with zero attached hydrogens (tertiary/aromatic N) is 1. The number of nitrogens with one attached hydrogen (secondary N) is 1. The van der Waals surface area contributed by atoms with Crippen LogP contribution in [0.1, 0.15) is 0 Å². The van der Waals surface area contributed by atoms with Crippen molar-refractivity contribution in [1.82, 2.24) is 5.32 Å². The molecule has 0 aliphatic carbocycles. The lowest BCUT2D eigenvalue weighted by atomic mass is 10.2. The van der Waals surface area contributed by atoms with Crippen LogP contribution in [-0.2, 0) is 0 Å². The van der Waals surface area contributed by atoms with Crippen LogP contribution in [0.25, 0.3) is 0 Å². The maximum Gasteiger partial charge on any atom is 0.167 e. The summed E-state index contributed by atoms with van der Waals surface area (Å²) in [7, 11) is 1.45. The van der Waals surface area contributed by atoms with E-state index in [9.17, 15) is 4.39 Å². The number of ether oxygens (including phenoxy) is 1. The van der Waals surface area contributed by atoms with Gasteiger partial charge in [0.1, 0.15) is 0 Å². The lowest BCUT2D eigenvalue weighted by molar-refractivity contribution is 0.386. The fourth-order valence-electron chi connectivity index (χ4n) is 1.89. The Balaban J connectivity index is 2.31. The second-order valence-electron chi connectivity index (χ2n) is 3.78. The van der Waals surface area contributed by atoms with Crippen molar-refractivity contribution >= 4 is 11.4 Å². The number of halogens is 1. The molecular formula is C11H16FN3O. The molecular weight excluding hydrogens is 209 g/mol. The quantitative estimate of drug-likeness (QED) is 0.732. The number of hydrogen-bond acceptors (Lipinski definition) is 4. The van der Waals surface area contributed by atoms with Crippen LogP contribution in [0.4, 0.5) is 15.8 Å². The van der Waals surface area contributed by atoms with Crippen molar-refractivity contribution in [2.24, 2.45) is 0 Å². The van der Waals surface area contributed by atoms with Crippen molar-refractivity contribution < 1.29 is 9.13 Å². The van der Waals surface area contributed by atoms with E-state index in [4.69, 9.17) is 10.5 Å². The fraction of sp³-hybridized carbons (Fsp3) is 0.455. The average Bonchev–Trinajstić information content (AvgIpc) is 2.30. The molecule has 1 aromatic rings. The molecule has 1 fully saturated rings. The first kappa shape index (κ1) is 11.0. The van der Waals surface area contributed by atoms with E-state index in [1.54, 1.807) is 6.07 Å². The summed E-state index contributed by atoms with van der Waals surface area (Å²) in [6, 6.07) is 2.98. The monoisotopic (exact) mass is 225 g/mol. The second-order valence-corrected chi connectivity index (χ2v) is 3.78. The molecule has 5 heteroatoms. The van der Waals surface area contributed by atoms with E-state index in [0.29, 0.717) is 5.69 Å². The van der Waals surface area contributed by atoms with Crippen molar-refractivity contribution in [3.63, 3.8) is 0 Å². The Hall–Kier alpha value is -1.49. The van der Waals surface area contributed by atoms with Gasteiger partial charge in [-0.3, -0.25) is 0 Å². The summed E-state index contributed by atoms with van der Waals surface area (Å²) in [4.78, 5) is 2.13. The predicted octanol–water partition coefficient (Wildman–Crippen LogP) is 0.826. The molecule has 1 saturated heterocycles. The Bertz CT molecular complexity index is 378. The van der Waals surface area contributed by atoms with Crippen LogP contribution in [0, 0.1) is 5.82 Å². The third-order valence-electron chi connectivity index (χ3n) is 2.76. The number of hydrogen-bond donors (Lipinski definition) is 2. The largest absolute Gasteiger partial charge is 0.494 e. The summed E-state index contributed by atoms with van der Waals surface area (Å²) in [5.74, 6) is -0.179. The highest BCUT2D eigenvalue weighted by Gasteiger charge is 2.16. The Morgan fingerprint density at radius 2 is 2.06 bits per heavy atom. The molecule has 0 radical (unpaired) electrons. The highest BCUT2D eigenvalue weighted by Crippen LogP contribution is 2.30. The predicted molar refractivity (Wildman–Crippen MR) is 62.4 cm³/mol. The Morgan fingerprint density at radius 1 is 1.38 bits per heavy atom. The van der Waals surface area contributed by atoms with Crippen LogP contribution >= 0.6 is 0 Å². The molecule has 88 valence electrons. The van der Waals surface area contributed by atoms with E-state index in [1.165, 1.54) is 13.2 Å². The molecule has 1 heterocycles. The molecule has 3 N–H and O–H groups in total. The molecule has 0 aromatic heterocycles. The van der Waals surface area contributed by atoms with Gasteiger partial charge < -0.3 is 20.7 Å². The van der Waals surface area contributed by atoms with Gasteiger partial charge in [-0.25, -0.2) is 4.39 Å². The Labute approximate surface area is 94.2 Å². The SMILES string of the molecule is COc1cc(N2CCNCC2)c(N)cc1F. The number of nitrogen functional groups attached to an aromatic ring is 1. The molecule has 0 saturated carbocycles. The minimum atomic E-state index is -0.418. The van der Waals surface area contributed by atoms with E-state index in [2.05, 4.69) is 10.2 Å². The summed E-state index contributed by atoms with van der Waals surface area (Å²) in [5.41, 5.74) is 7.12. The van der Waals surface area contributed by atoms with Crippen LogP contribution in [-0.4, -0.2) is 33.3 Å². The van der Waals surface area contributed by atoms with Gasteiger partial charge in [0.05, 0.1) is 18.5 Å². The van der Waals surface area contributed by atoms with Crippen LogP contribution in [0.5, 0.6) is 5.75 Å². The molecule has 1 aliphatic rings. The fourth-order valence-corrected chi connectivity index (χ4v) is 1.89. The van der Waals surface area contributed by atoms with Crippen molar-refractivity contribution in [2.75, 3.05) is 43.9 Å². The zero-order chi connectivity index (χ0) is 11.5. The number of anilines is 2. The highest BCUT2D eigenvalue weighted by atomic mass is 19.1. The van der Waals surface area contributed by atoms with Gasteiger partial charge in [-0.15, -0.1) is 0 Å². The van der Waals surface area contributed by atoms with Gasteiger partial charge in [0, 0.05) is 38.3 Å². The molecule has 0 spiro atoms. The first-order valence-corrected chi connectivity index (χ1v) is 5.31. The minimum Gasteiger partial charge on any atom is -0.494 e. The number of rotatable bonds is 2. The molecule has 4 nitrogen and oxygen atoms in total. The van der Waals surface area contributed by atoms with Gasteiger partial charge >= 0.3 is 0 Å². The topological polar surface area (TPSA) is 50.5 Å². The maximum absolute atomic E-state index is 13.4. The van der Waals surface area contributed by atoms with E-state index in [1.807, 2.05) is 0 Å². The normalized spacial score (nSPS) is 16.2. The van der Waals surface area contributed by atoms with E-state index < -0.39 is 5.82 Å². The molecule has 2 rings (SSSR count). The zero-order valence-electron chi connectivity index (χ0n) is 9.29. The van der Waals surface area contributed by atoms with E-state index in [-0.39, 0.29) is 5.75 Å². The zero-order valence-corrected chi connectivity index (χ0v) is 9.29. The number of piperazine rings is 1. The standard InChI is InChI=1S/C11H16FN3O/c1-16-11-7-10(9(13)6-8(11)12)15-4-2-14-3-5-15/h6-7,14H,2-5,13H2,1H3. The number of benzene rings is 1. The number of nitrogens with two attached hydrogens (primary N) is 1. The van der Waals surface area contributed by atoms with E-state index >= 15 is 0 Å². The van der Waals surface area contributed by atoms with Crippen LogP contribution < -0.4 is 20.7 Å². The molecule has 0 amide bonds. The third kappa shape index (κ3) is 2.04. The highest BCUT2D eigenvalue weighted by molar-refractivity contribution is 5.70. The molecule has 0 unspecified atom stereocenters. The van der Waals surface area contributed by atoms with Crippen molar-refractivity contribution in [2.45, 2.75) is 0 Å². The summed E-state index contributed by atoms with van der Waals surface area (Å²) in [6.45, 7) is 3.58. The van der Waals surface area contributed by atoms with Gasteiger partial charge in [-0.2, -0.15) is 0 Å². The lowest BCUT2D eigenvalue weighted by Crippen LogP contribution is -2.43. The molecule has 1 aromatic carbocycles. The Morgan fingerprint density at radius 3 is 2.69 bits per heavy atom. The van der Waals surface area contributed by atoms with Crippen LogP contribution in [0.2, 0.25) is 0 Å². The van der Waals surface area contributed by atoms with Gasteiger partial charge in [0.15, 0.2) is 11.6 Å². The average molecular weight is 225 g/mol. The van der Waals surface area contributed by atoms with Gasteiger partial charge in [-0.1, -0.05) is 0 Å². The number of methoxy groups -OCH3 is 1. The summed E-state index contributed by atoms with van der Waals surface area (Å²) >= 11 is 0. The maximum atomic E-state index is 13.4. The first-order valence-electron chi connectivity index (χ1n) is 5.31. The van der Waals surface area contributed by atoms with Crippen molar-refractivity contribution in [3.05, 3.63) is 17.9 Å². The second kappa shape index (κ2) is 4.57. The summed E-state index contributed by atoms with van der Waals surface area (Å²) < 4.78 is 18.3. The van der Waals surface area contributed by atoms with Crippen LogP contribution in [0.15, 0.2) is 12.1 Å².